The fourth-order valence-electron chi connectivity index (χ4n) is 11.7. The van der Waals surface area contributed by atoms with Crippen LogP contribution in [0.3, 0.4) is 0 Å². The second-order valence-electron chi connectivity index (χ2n) is 18.4. The SMILES string of the molecule is CC1(C)c2ccccc2-c2cc3c4ccccc4c(-c4ccc(-c5cc6c7cccc8c7c(cc6c6ccccc56)-c5ccccc5C8(C)C)cc4)cc3c3cccc1c23. The predicted octanol–water partition coefficient (Wildman–Crippen LogP) is 16.6. The molecule has 0 amide bonds. The van der Waals surface area contributed by atoms with Crippen molar-refractivity contribution in [2.24, 2.45) is 0 Å². The summed E-state index contributed by atoms with van der Waals surface area (Å²) in [4.78, 5) is 0. The molecule has 0 heterocycles. The van der Waals surface area contributed by atoms with E-state index in [9.17, 15) is 0 Å². The van der Waals surface area contributed by atoms with Gasteiger partial charge >= 0.3 is 0 Å². The van der Waals surface area contributed by atoms with E-state index in [0.29, 0.717) is 0 Å². The maximum atomic E-state index is 2.48. The van der Waals surface area contributed by atoms with Gasteiger partial charge < -0.3 is 0 Å². The van der Waals surface area contributed by atoms with E-state index in [1.54, 1.807) is 0 Å². The molecule has 0 aliphatic heterocycles. The topological polar surface area (TPSA) is 0 Å². The number of hydrogen-bond donors (Lipinski definition) is 0. The molecule has 0 saturated carbocycles. The summed E-state index contributed by atoms with van der Waals surface area (Å²) in [7, 11) is 0. The Morgan fingerprint density at radius 2 is 0.550 bits per heavy atom. The van der Waals surface area contributed by atoms with Crippen LogP contribution in [0.2, 0.25) is 0 Å². The van der Waals surface area contributed by atoms with Crippen LogP contribution in [0, 0.1) is 0 Å². The molecule has 0 heteroatoms. The standard InChI is InChI=1S/C60H42/c1-59(2)53-23-11-9-19-41(53)51-33-47-39-17-7-5-15-37(39)45(31-49(47)43-21-13-25-55(59)57(43)51)35-27-29-36(30-28-35)46-32-50-44-22-14-26-56-58(44)52(34-48(50)40-18-8-6-16-38(40)46)42-20-10-12-24-54(42)60(56,3)4/h5-34H,1-4H3. The minimum Gasteiger partial charge on any atom is -0.0619 e. The van der Waals surface area contributed by atoms with Gasteiger partial charge in [0.05, 0.1) is 0 Å². The third-order valence-corrected chi connectivity index (χ3v) is 14.6. The molecule has 0 bridgehead atoms. The highest BCUT2D eigenvalue weighted by Gasteiger charge is 2.35. The highest BCUT2D eigenvalue weighted by molar-refractivity contribution is 6.27. The summed E-state index contributed by atoms with van der Waals surface area (Å²) in [6.45, 7) is 9.53. The molecule has 0 spiro atoms. The second kappa shape index (κ2) is 11.8. The van der Waals surface area contributed by atoms with E-state index in [0.717, 1.165) is 0 Å². The van der Waals surface area contributed by atoms with Crippen molar-refractivity contribution in [3.05, 3.63) is 204 Å². The third kappa shape index (κ3) is 4.36. The zero-order valence-corrected chi connectivity index (χ0v) is 34.3. The Balaban J connectivity index is 1.02. The molecule has 0 fully saturated rings. The van der Waals surface area contributed by atoms with Crippen molar-refractivity contribution in [3.63, 3.8) is 0 Å². The summed E-state index contributed by atoms with van der Waals surface area (Å²) in [5.74, 6) is 0. The van der Waals surface area contributed by atoms with Gasteiger partial charge in [0.15, 0.2) is 0 Å². The van der Waals surface area contributed by atoms with Gasteiger partial charge in [-0.15, -0.1) is 0 Å². The predicted molar refractivity (Wildman–Crippen MR) is 257 cm³/mol. The maximum absolute atomic E-state index is 2.48. The normalized spacial score (nSPS) is 14.6. The molecule has 2 aliphatic carbocycles. The van der Waals surface area contributed by atoms with Crippen molar-refractivity contribution in [1.29, 1.82) is 0 Å². The van der Waals surface area contributed by atoms with Crippen LogP contribution in [0.1, 0.15) is 49.9 Å². The van der Waals surface area contributed by atoms with E-state index in [4.69, 9.17) is 0 Å². The molecule has 60 heavy (non-hydrogen) atoms. The van der Waals surface area contributed by atoms with Gasteiger partial charge in [0.2, 0.25) is 0 Å². The summed E-state index contributed by atoms with van der Waals surface area (Å²) in [6, 6.07) is 69.3. The van der Waals surface area contributed by atoms with Crippen molar-refractivity contribution in [2.45, 2.75) is 38.5 Å². The summed E-state index contributed by atoms with van der Waals surface area (Å²) in [6.07, 6.45) is 0. The Kier molecular flexibility index (Phi) is 6.67. The molecule has 0 saturated heterocycles. The van der Waals surface area contributed by atoms with E-state index < -0.39 is 0 Å². The van der Waals surface area contributed by atoms with Crippen LogP contribution in [0.15, 0.2) is 182 Å². The van der Waals surface area contributed by atoms with Crippen molar-refractivity contribution in [2.75, 3.05) is 0 Å². The van der Waals surface area contributed by atoms with E-state index in [1.807, 2.05) is 0 Å². The summed E-state index contributed by atoms with van der Waals surface area (Å²) in [5.41, 5.74) is 15.8. The van der Waals surface area contributed by atoms with Gasteiger partial charge in [-0.2, -0.15) is 0 Å². The molecule has 0 aromatic heterocycles. The zero-order valence-electron chi connectivity index (χ0n) is 34.3. The molecule has 282 valence electrons. The van der Waals surface area contributed by atoms with Crippen LogP contribution in [0.5, 0.6) is 0 Å². The highest BCUT2D eigenvalue weighted by Crippen LogP contribution is 2.53. The first-order chi connectivity index (χ1) is 29.3. The van der Waals surface area contributed by atoms with Gasteiger partial charge in [0.25, 0.3) is 0 Å². The molecule has 0 atom stereocenters. The second-order valence-corrected chi connectivity index (χ2v) is 18.4. The Morgan fingerprint density at radius 3 is 0.983 bits per heavy atom. The quantitative estimate of drug-likeness (QED) is 0.154. The third-order valence-electron chi connectivity index (χ3n) is 14.6. The molecule has 0 unspecified atom stereocenters. The fourth-order valence-corrected chi connectivity index (χ4v) is 11.7. The molecule has 0 N–H and O–H groups in total. The molecule has 0 radical (unpaired) electrons. The number of rotatable bonds is 2. The molecular weight excluding hydrogens is 721 g/mol. The monoisotopic (exact) mass is 762 g/mol. The van der Waals surface area contributed by atoms with Crippen LogP contribution in [0.4, 0.5) is 0 Å². The van der Waals surface area contributed by atoms with E-state index in [1.165, 1.54) is 131 Å². The Morgan fingerprint density at radius 1 is 0.233 bits per heavy atom. The van der Waals surface area contributed by atoms with Crippen LogP contribution in [-0.4, -0.2) is 0 Å². The van der Waals surface area contributed by atoms with Crippen molar-refractivity contribution >= 4 is 64.6 Å². The maximum Gasteiger partial charge on any atom is 0.0159 e. The first-order valence-corrected chi connectivity index (χ1v) is 21.4. The molecular formula is C60H42. The average Bonchev–Trinajstić information content (AvgIpc) is 3.29. The average molecular weight is 763 g/mol. The van der Waals surface area contributed by atoms with E-state index >= 15 is 0 Å². The van der Waals surface area contributed by atoms with Gasteiger partial charge in [-0.05, 0) is 156 Å². The molecule has 0 nitrogen and oxygen atoms in total. The van der Waals surface area contributed by atoms with Gasteiger partial charge in [-0.25, -0.2) is 0 Å². The smallest absolute Gasteiger partial charge is 0.0159 e. The van der Waals surface area contributed by atoms with Crippen LogP contribution >= 0.6 is 0 Å². The van der Waals surface area contributed by atoms with Crippen LogP contribution in [-0.2, 0) is 10.8 Å². The fraction of sp³-hybridized carbons (Fsp3) is 0.100. The molecule has 11 aromatic carbocycles. The van der Waals surface area contributed by atoms with Gasteiger partial charge in [-0.1, -0.05) is 185 Å². The zero-order chi connectivity index (χ0) is 40.1. The largest absolute Gasteiger partial charge is 0.0619 e. The Labute approximate surface area is 350 Å². The van der Waals surface area contributed by atoms with E-state index in [-0.39, 0.29) is 10.8 Å². The van der Waals surface area contributed by atoms with Gasteiger partial charge in [-0.3, -0.25) is 0 Å². The minimum absolute atomic E-state index is 0.0897. The number of benzene rings is 11. The van der Waals surface area contributed by atoms with Crippen molar-refractivity contribution in [1.82, 2.24) is 0 Å². The summed E-state index contributed by atoms with van der Waals surface area (Å²) in [5, 5.41) is 15.9. The van der Waals surface area contributed by atoms with Gasteiger partial charge in [0.1, 0.15) is 0 Å². The Bertz CT molecular complexity index is 3440. The Hall–Kier alpha value is -7.02. The lowest BCUT2D eigenvalue weighted by atomic mass is 9.68. The summed E-state index contributed by atoms with van der Waals surface area (Å²) < 4.78 is 0. The van der Waals surface area contributed by atoms with Crippen LogP contribution in [0.25, 0.3) is 109 Å². The minimum atomic E-state index is -0.0897. The van der Waals surface area contributed by atoms with Crippen molar-refractivity contribution in [3.8, 4) is 44.5 Å². The number of fused-ring (bicyclic) bond motifs is 12. The van der Waals surface area contributed by atoms with E-state index in [2.05, 4.69) is 210 Å². The first-order valence-electron chi connectivity index (χ1n) is 21.4. The van der Waals surface area contributed by atoms with Gasteiger partial charge in [0, 0.05) is 10.8 Å². The first kappa shape index (κ1) is 33.9. The molecule has 2 aliphatic rings. The number of hydrogen-bond acceptors (Lipinski definition) is 0. The van der Waals surface area contributed by atoms with Crippen LogP contribution < -0.4 is 0 Å². The lowest BCUT2D eigenvalue weighted by Crippen LogP contribution is -2.23. The lowest BCUT2D eigenvalue weighted by Gasteiger charge is -2.35. The molecule has 13 rings (SSSR count). The highest BCUT2D eigenvalue weighted by atomic mass is 14.4. The van der Waals surface area contributed by atoms with Crippen molar-refractivity contribution < 1.29 is 0 Å². The lowest BCUT2D eigenvalue weighted by molar-refractivity contribution is 0.645. The molecule has 11 aromatic rings. The summed E-state index contributed by atoms with van der Waals surface area (Å²) >= 11 is 0.